The minimum Gasteiger partial charge on any atom is -0.457 e. The number of carbonyl (C=O) groups excluding carboxylic acids is 1. The number of ether oxygens (including phenoxy) is 1. The quantitative estimate of drug-likeness (QED) is 0.797. The minimum atomic E-state index is -3.40. The van der Waals surface area contributed by atoms with Gasteiger partial charge in [0.15, 0.2) is 9.84 Å². The monoisotopic (exact) mass is 347 g/mol. The maximum Gasteiger partial charge on any atom is 0.221 e. The molecule has 0 bridgehead atoms. The summed E-state index contributed by atoms with van der Waals surface area (Å²) in [5, 5.41) is 2.60. The van der Waals surface area contributed by atoms with Crippen molar-refractivity contribution in [2.24, 2.45) is 0 Å². The van der Waals surface area contributed by atoms with Gasteiger partial charge in [0.05, 0.1) is 11.5 Å². The van der Waals surface area contributed by atoms with E-state index in [-0.39, 0.29) is 23.8 Å². The van der Waals surface area contributed by atoms with Crippen LogP contribution in [-0.4, -0.2) is 26.6 Å². The number of hydrogen-bond donors (Lipinski definition) is 1. The van der Waals surface area contributed by atoms with Crippen LogP contribution in [0.4, 0.5) is 0 Å². The molecule has 0 saturated heterocycles. The summed E-state index contributed by atoms with van der Waals surface area (Å²) in [5.74, 6) is 0.554. The molecule has 6 heteroatoms. The zero-order valence-electron chi connectivity index (χ0n) is 13.6. The van der Waals surface area contributed by atoms with Gasteiger partial charge < -0.3 is 10.1 Å². The molecule has 2 aromatic rings. The largest absolute Gasteiger partial charge is 0.457 e. The summed E-state index contributed by atoms with van der Waals surface area (Å²) in [6.45, 7) is 2.29. The summed E-state index contributed by atoms with van der Waals surface area (Å²) in [4.78, 5) is 11.5. The fraction of sp³-hybridized carbons (Fsp3) is 0.278. The van der Waals surface area contributed by atoms with Crippen LogP contribution in [0.5, 0.6) is 11.5 Å². The molecule has 2 rings (SSSR count). The predicted molar refractivity (Wildman–Crippen MR) is 93.7 cm³/mol. The van der Waals surface area contributed by atoms with Crippen LogP contribution < -0.4 is 10.1 Å². The molecule has 0 heterocycles. The normalized spacial score (nSPS) is 11.0. The van der Waals surface area contributed by atoms with Crippen molar-refractivity contribution in [1.29, 1.82) is 0 Å². The van der Waals surface area contributed by atoms with Crippen molar-refractivity contribution in [2.45, 2.75) is 19.1 Å². The molecule has 0 radical (unpaired) electrons. The van der Waals surface area contributed by atoms with Crippen molar-refractivity contribution in [3.05, 3.63) is 60.2 Å². The maximum atomic E-state index is 12.3. The SMILES string of the molecule is CCNC(=O)CCS(=O)(=O)Cc1ccccc1Oc1ccccc1. The van der Waals surface area contributed by atoms with Gasteiger partial charge in [-0.05, 0) is 25.1 Å². The molecule has 0 aromatic heterocycles. The smallest absolute Gasteiger partial charge is 0.221 e. The molecule has 0 aliphatic heterocycles. The number of amides is 1. The van der Waals surface area contributed by atoms with E-state index in [4.69, 9.17) is 4.74 Å². The van der Waals surface area contributed by atoms with Crippen LogP contribution in [0.3, 0.4) is 0 Å². The Kier molecular flexibility index (Phi) is 6.37. The fourth-order valence-corrected chi connectivity index (χ4v) is 3.53. The molecule has 0 aliphatic carbocycles. The minimum absolute atomic E-state index is 0.0299. The molecule has 128 valence electrons. The Morgan fingerprint density at radius 1 is 1.04 bits per heavy atom. The van der Waals surface area contributed by atoms with Crippen LogP contribution >= 0.6 is 0 Å². The maximum absolute atomic E-state index is 12.3. The molecule has 1 amide bonds. The van der Waals surface area contributed by atoms with Gasteiger partial charge in [-0.1, -0.05) is 36.4 Å². The number of carbonyl (C=O) groups is 1. The molecule has 5 nitrogen and oxygen atoms in total. The topological polar surface area (TPSA) is 72.5 Å². The fourth-order valence-electron chi connectivity index (χ4n) is 2.18. The van der Waals surface area contributed by atoms with Crippen molar-refractivity contribution in [1.82, 2.24) is 5.32 Å². The lowest BCUT2D eigenvalue weighted by Gasteiger charge is -2.11. The zero-order valence-corrected chi connectivity index (χ0v) is 14.4. The molecule has 0 atom stereocenters. The van der Waals surface area contributed by atoms with E-state index in [0.29, 0.717) is 23.6 Å². The average Bonchev–Trinajstić information content (AvgIpc) is 2.56. The van der Waals surface area contributed by atoms with Gasteiger partial charge in [0, 0.05) is 18.5 Å². The summed E-state index contributed by atoms with van der Waals surface area (Å²) in [5.41, 5.74) is 0.581. The summed E-state index contributed by atoms with van der Waals surface area (Å²) in [6.07, 6.45) is -0.0299. The van der Waals surface area contributed by atoms with Crippen LogP contribution in [0.1, 0.15) is 18.9 Å². The number of para-hydroxylation sites is 2. The summed E-state index contributed by atoms with van der Waals surface area (Å²) in [7, 11) is -3.40. The Morgan fingerprint density at radius 3 is 2.42 bits per heavy atom. The van der Waals surface area contributed by atoms with Crippen molar-refractivity contribution in [3.8, 4) is 11.5 Å². The Labute approximate surface area is 142 Å². The second kappa shape index (κ2) is 8.49. The van der Waals surface area contributed by atoms with Gasteiger partial charge in [0.1, 0.15) is 11.5 Å². The highest BCUT2D eigenvalue weighted by atomic mass is 32.2. The first-order valence-corrected chi connectivity index (χ1v) is 9.60. The third kappa shape index (κ3) is 5.70. The second-order valence-corrected chi connectivity index (χ2v) is 7.50. The Morgan fingerprint density at radius 2 is 1.71 bits per heavy atom. The predicted octanol–water partition coefficient (Wildman–Crippen LogP) is 2.92. The number of sulfone groups is 1. The van der Waals surface area contributed by atoms with Crippen molar-refractivity contribution < 1.29 is 17.9 Å². The second-order valence-electron chi connectivity index (χ2n) is 5.32. The Hall–Kier alpha value is -2.34. The number of nitrogens with one attached hydrogen (secondary N) is 1. The highest BCUT2D eigenvalue weighted by Crippen LogP contribution is 2.26. The van der Waals surface area contributed by atoms with Crippen LogP contribution in [-0.2, 0) is 20.4 Å². The standard InChI is InChI=1S/C18H21NO4S/c1-2-19-18(20)12-13-24(21,22)14-15-8-6-7-11-17(15)23-16-9-4-3-5-10-16/h3-11H,2,12-14H2,1H3,(H,19,20). The highest BCUT2D eigenvalue weighted by Gasteiger charge is 2.17. The van der Waals surface area contributed by atoms with Crippen molar-refractivity contribution in [3.63, 3.8) is 0 Å². The Balaban J connectivity index is 2.08. The molecule has 0 saturated carbocycles. The van der Waals surface area contributed by atoms with Gasteiger partial charge in [-0.15, -0.1) is 0 Å². The van der Waals surface area contributed by atoms with E-state index >= 15 is 0 Å². The summed E-state index contributed by atoms with van der Waals surface area (Å²) < 4.78 is 30.3. The summed E-state index contributed by atoms with van der Waals surface area (Å²) in [6, 6.07) is 16.2. The lowest BCUT2D eigenvalue weighted by molar-refractivity contribution is -0.120. The molecular formula is C18H21NO4S. The van der Waals surface area contributed by atoms with Crippen LogP contribution in [0.2, 0.25) is 0 Å². The lowest BCUT2D eigenvalue weighted by Crippen LogP contribution is -2.25. The number of rotatable bonds is 8. The van der Waals surface area contributed by atoms with Gasteiger partial charge in [-0.2, -0.15) is 0 Å². The lowest BCUT2D eigenvalue weighted by atomic mass is 10.2. The van der Waals surface area contributed by atoms with E-state index in [2.05, 4.69) is 5.32 Å². The zero-order chi connectivity index (χ0) is 17.4. The van der Waals surface area contributed by atoms with E-state index in [1.807, 2.05) is 18.2 Å². The van der Waals surface area contributed by atoms with Gasteiger partial charge in [-0.3, -0.25) is 4.79 Å². The van der Waals surface area contributed by atoms with Gasteiger partial charge >= 0.3 is 0 Å². The number of benzene rings is 2. The van der Waals surface area contributed by atoms with Crippen LogP contribution in [0.15, 0.2) is 54.6 Å². The third-order valence-electron chi connectivity index (χ3n) is 3.33. The van der Waals surface area contributed by atoms with E-state index < -0.39 is 9.84 Å². The molecule has 24 heavy (non-hydrogen) atoms. The first kappa shape index (κ1) is 18.0. The first-order chi connectivity index (χ1) is 11.5. The highest BCUT2D eigenvalue weighted by molar-refractivity contribution is 7.90. The Bertz CT molecular complexity index is 773. The molecule has 2 aromatic carbocycles. The van der Waals surface area contributed by atoms with Gasteiger partial charge in [-0.25, -0.2) is 8.42 Å². The summed E-state index contributed by atoms with van der Waals surface area (Å²) >= 11 is 0. The third-order valence-corrected chi connectivity index (χ3v) is 4.91. The van der Waals surface area contributed by atoms with Gasteiger partial charge in [0.25, 0.3) is 0 Å². The van der Waals surface area contributed by atoms with Crippen molar-refractivity contribution >= 4 is 15.7 Å². The first-order valence-electron chi connectivity index (χ1n) is 7.78. The van der Waals surface area contributed by atoms with Crippen molar-refractivity contribution in [2.75, 3.05) is 12.3 Å². The molecule has 0 aliphatic rings. The molecular weight excluding hydrogens is 326 g/mol. The molecule has 0 spiro atoms. The molecule has 0 fully saturated rings. The van der Waals surface area contributed by atoms with E-state index in [0.717, 1.165) is 0 Å². The molecule has 0 unspecified atom stereocenters. The van der Waals surface area contributed by atoms with Crippen LogP contribution in [0, 0.1) is 0 Å². The molecule has 1 N–H and O–H groups in total. The number of hydrogen-bond acceptors (Lipinski definition) is 4. The van der Waals surface area contributed by atoms with Gasteiger partial charge in [0.2, 0.25) is 5.91 Å². The van der Waals surface area contributed by atoms with E-state index in [9.17, 15) is 13.2 Å². The van der Waals surface area contributed by atoms with E-state index in [1.54, 1.807) is 43.3 Å². The van der Waals surface area contributed by atoms with Crippen LogP contribution in [0.25, 0.3) is 0 Å². The average molecular weight is 347 g/mol. The van der Waals surface area contributed by atoms with E-state index in [1.165, 1.54) is 0 Å².